The molecule has 0 aliphatic rings. The molecule has 0 unspecified atom stereocenters. The maximum atomic E-state index is 12.0. The molecule has 0 atom stereocenters. The highest BCUT2D eigenvalue weighted by atomic mass is 16.1. The van der Waals surface area contributed by atoms with Crippen LogP contribution in [0.1, 0.15) is 57.8 Å². The molecule has 0 aliphatic carbocycles. The highest BCUT2D eigenvalue weighted by molar-refractivity contribution is 5.93. The lowest BCUT2D eigenvalue weighted by molar-refractivity contribution is 0.0942. The van der Waals surface area contributed by atoms with Crippen LogP contribution < -0.4 is 11.1 Å². The van der Waals surface area contributed by atoms with Crippen LogP contribution in [0.2, 0.25) is 0 Å². The smallest absolute Gasteiger partial charge is 0.254 e. The zero-order chi connectivity index (χ0) is 14.7. The van der Waals surface area contributed by atoms with Crippen molar-refractivity contribution < 1.29 is 4.79 Å². The van der Waals surface area contributed by atoms with Crippen LogP contribution in [-0.2, 0) is 5.54 Å². The molecule has 0 aliphatic heterocycles. The minimum atomic E-state index is -0.324. The maximum absolute atomic E-state index is 12.0. The molecule has 0 radical (unpaired) electrons. The van der Waals surface area contributed by atoms with Gasteiger partial charge in [0.05, 0.1) is 17.3 Å². The van der Waals surface area contributed by atoms with Gasteiger partial charge in [-0.3, -0.25) is 9.48 Å². The van der Waals surface area contributed by atoms with Gasteiger partial charge in [-0.2, -0.15) is 5.10 Å². The van der Waals surface area contributed by atoms with Crippen molar-refractivity contribution in [2.24, 2.45) is 5.73 Å². The summed E-state index contributed by atoms with van der Waals surface area (Å²) in [7, 11) is 0. The molecule has 1 rings (SSSR count). The number of nitrogens with zero attached hydrogens (tertiary/aromatic N) is 2. The third kappa shape index (κ3) is 4.06. The second kappa shape index (κ2) is 5.74. The summed E-state index contributed by atoms with van der Waals surface area (Å²) in [5.41, 5.74) is 6.29. The van der Waals surface area contributed by atoms with Crippen molar-refractivity contribution in [3.05, 3.63) is 18.0 Å². The quantitative estimate of drug-likeness (QED) is 0.854. The van der Waals surface area contributed by atoms with E-state index in [0.29, 0.717) is 12.1 Å². The van der Waals surface area contributed by atoms with E-state index in [4.69, 9.17) is 5.73 Å². The first-order valence-electron chi connectivity index (χ1n) is 6.84. The van der Waals surface area contributed by atoms with E-state index in [1.807, 2.05) is 34.6 Å². The molecule has 1 amide bonds. The number of hydrogen-bond donors (Lipinski definition) is 2. The van der Waals surface area contributed by atoms with Crippen molar-refractivity contribution >= 4 is 5.91 Å². The van der Waals surface area contributed by atoms with Gasteiger partial charge in [-0.15, -0.1) is 0 Å². The van der Waals surface area contributed by atoms with Crippen LogP contribution in [0.5, 0.6) is 0 Å². The lowest BCUT2D eigenvalue weighted by Gasteiger charge is -2.26. The summed E-state index contributed by atoms with van der Waals surface area (Å²) in [5.74, 6) is -0.118. The molecular formula is C14H26N4O. The van der Waals surface area contributed by atoms with Gasteiger partial charge in [-0.1, -0.05) is 13.8 Å². The SMILES string of the molecule is CCC(N)(CC)CNC(=O)c1cnn(C(C)(C)C)c1. The monoisotopic (exact) mass is 266 g/mol. The molecule has 0 spiro atoms. The van der Waals surface area contributed by atoms with E-state index in [9.17, 15) is 4.79 Å². The lowest BCUT2D eigenvalue weighted by atomic mass is 9.94. The Hall–Kier alpha value is -1.36. The number of carbonyl (C=O) groups is 1. The van der Waals surface area contributed by atoms with Crippen molar-refractivity contribution in [3.63, 3.8) is 0 Å². The summed E-state index contributed by atoms with van der Waals surface area (Å²) >= 11 is 0. The molecule has 5 nitrogen and oxygen atoms in total. The van der Waals surface area contributed by atoms with Gasteiger partial charge in [0.15, 0.2) is 0 Å². The van der Waals surface area contributed by atoms with E-state index in [1.54, 1.807) is 17.1 Å². The summed E-state index contributed by atoms with van der Waals surface area (Å²) in [6.07, 6.45) is 5.04. The van der Waals surface area contributed by atoms with Crippen molar-refractivity contribution in [3.8, 4) is 0 Å². The van der Waals surface area contributed by atoms with E-state index in [-0.39, 0.29) is 17.0 Å². The van der Waals surface area contributed by atoms with Gasteiger partial charge in [0.25, 0.3) is 5.91 Å². The molecule has 19 heavy (non-hydrogen) atoms. The van der Waals surface area contributed by atoms with Gasteiger partial charge >= 0.3 is 0 Å². The van der Waals surface area contributed by atoms with Gasteiger partial charge in [0.1, 0.15) is 0 Å². The summed E-state index contributed by atoms with van der Waals surface area (Å²) in [5, 5.41) is 7.11. The van der Waals surface area contributed by atoms with Crippen molar-refractivity contribution in [2.75, 3.05) is 6.54 Å². The highest BCUT2D eigenvalue weighted by Gasteiger charge is 2.22. The fourth-order valence-corrected chi connectivity index (χ4v) is 1.67. The lowest BCUT2D eigenvalue weighted by Crippen LogP contribution is -2.49. The number of hydrogen-bond acceptors (Lipinski definition) is 3. The van der Waals surface area contributed by atoms with Crippen molar-refractivity contribution in [1.82, 2.24) is 15.1 Å². The number of carbonyl (C=O) groups excluding carboxylic acids is 1. The number of rotatable bonds is 5. The van der Waals surface area contributed by atoms with E-state index in [0.717, 1.165) is 12.8 Å². The first-order valence-corrected chi connectivity index (χ1v) is 6.84. The van der Waals surface area contributed by atoms with Gasteiger partial charge in [0, 0.05) is 18.3 Å². The standard InChI is InChI=1S/C14H26N4O/c1-6-14(15,7-2)10-16-12(19)11-8-17-18(9-11)13(3,4)5/h8-9H,6-7,10,15H2,1-5H3,(H,16,19). The minimum absolute atomic E-state index is 0.118. The Morgan fingerprint density at radius 2 is 1.95 bits per heavy atom. The molecule has 108 valence electrons. The molecule has 1 aromatic rings. The fourth-order valence-electron chi connectivity index (χ4n) is 1.67. The van der Waals surface area contributed by atoms with Gasteiger partial charge < -0.3 is 11.1 Å². The van der Waals surface area contributed by atoms with E-state index in [2.05, 4.69) is 10.4 Å². The van der Waals surface area contributed by atoms with Crippen LogP contribution in [0.3, 0.4) is 0 Å². The average molecular weight is 266 g/mol. The Morgan fingerprint density at radius 3 is 2.37 bits per heavy atom. The Labute approximate surface area is 115 Å². The molecule has 0 fully saturated rings. The first-order chi connectivity index (χ1) is 8.72. The Morgan fingerprint density at radius 1 is 1.37 bits per heavy atom. The molecule has 0 saturated heterocycles. The third-order valence-corrected chi connectivity index (χ3v) is 3.54. The molecule has 1 heterocycles. The molecule has 0 aromatic carbocycles. The number of amides is 1. The second-order valence-electron chi connectivity index (χ2n) is 6.10. The van der Waals surface area contributed by atoms with Crippen LogP contribution in [0.15, 0.2) is 12.4 Å². The number of nitrogens with two attached hydrogens (primary N) is 1. The maximum Gasteiger partial charge on any atom is 0.254 e. The summed E-state index contributed by atoms with van der Waals surface area (Å²) in [4.78, 5) is 12.0. The highest BCUT2D eigenvalue weighted by Crippen LogP contribution is 2.14. The Bertz CT molecular complexity index is 427. The Balaban J connectivity index is 2.67. The van der Waals surface area contributed by atoms with Crippen molar-refractivity contribution in [1.29, 1.82) is 0 Å². The summed E-state index contributed by atoms with van der Waals surface area (Å²) in [6.45, 7) is 10.7. The predicted octanol–water partition coefficient (Wildman–Crippen LogP) is 1.89. The van der Waals surface area contributed by atoms with E-state index in [1.165, 1.54) is 0 Å². The topological polar surface area (TPSA) is 72.9 Å². The molecule has 3 N–H and O–H groups in total. The average Bonchev–Trinajstić information content (AvgIpc) is 2.85. The molecule has 1 aromatic heterocycles. The fraction of sp³-hybridized carbons (Fsp3) is 0.714. The van der Waals surface area contributed by atoms with E-state index < -0.39 is 0 Å². The van der Waals surface area contributed by atoms with E-state index >= 15 is 0 Å². The van der Waals surface area contributed by atoms with Gasteiger partial charge in [0.2, 0.25) is 0 Å². The predicted molar refractivity (Wildman–Crippen MR) is 77.1 cm³/mol. The zero-order valence-electron chi connectivity index (χ0n) is 12.7. The minimum Gasteiger partial charge on any atom is -0.350 e. The number of nitrogens with one attached hydrogen (secondary N) is 1. The first kappa shape index (κ1) is 15.7. The summed E-state index contributed by atoms with van der Waals surface area (Å²) < 4.78 is 1.79. The van der Waals surface area contributed by atoms with Gasteiger partial charge in [-0.25, -0.2) is 0 Å². The van der Waals surface area contributed by atoms with Gasteiger partial charge in [-0.05, 0) is 33.6 Å². The molecule has 5 heteroatoms. The second-order valence-corrected chi connectivity index (χ2v) is 6.10. The van der Waals surface area contributed by atoms with Crippen LogP contribution in [0.4, 0.5) is 0 Å². The number of aromatic nitrogens is 2. The zero-order valence-corrected chi connectivity index (χ0v) is 12.7. The molecule has 0 saturated carbocycles. The third-order valence-electron chi connectivity index (χ3n) is 3.54. The largest absolute Gasteiger partial charge is 0.350 e. The van der Waals surface area contributed by atoms with Crippen LogP contribution in [0.25, 0.3) is 0 Å². The normalized spacial score (nSPS) is 12.5. The van der Waals surface area contributed by atoms with Crippen LogP contribution >= 0.6 is 0 Å². The van der Waals surface area contributed by atoms with Crippen molar-refractivity contribution in [2.45, 2.75) is 58.5 Å². The van der Waals surface area contributed by atoms with Crippen LogP contribution in [0, 0.1) is 0 Å². The Kier molecular flexibility index (Phi) is 4.74. The van der Waals surface area contributed by atoms with Crippen LogP contribution in [-0.4, -0.2) is 27.8 Å². The molecule has 0 bridgehead atoms. The molecular weight excluding hydrogens is 240 g/mol. The summed E-state index contributed by atoms with van der Waals surface area (Å²) in [6, 6.07) is 0.